The van der Waals surface area contributed by atoms with Crippen LogP contribution in [0.15, 0.2) is 78.2 Å². The standard InChI is InChI=1S/C36H42N8O4/c1-23(2)30-18-28(26-9-6-11-29(17-26)48-16-15-43-22-37-21-40-43)19-31(24(3)4)33(30)41-36(47)44(14-8-13-38-25(5)45)32-20-27-10-7-12-39-34(27)42-35(32)46/h6-7,9-12,17-24H,8,13-16H2,1-5H3,(H,38,45)(H,41,47)(H,39,42,46). The van der Waals surface area contributed by atoms with E-state index < -0.39 is 11.6 Å². The maximum absolute atomic E-state index is 14.2. The quantitative estimate of drug-likeness (QED) is 0.131. The molecule has 0 aliphatic heterocycles. The number of fused-ring (bicyclic) bond motifs is 1. The van der Waals surface area contributed by atoms with E-state index in [1.54, 1.807) is 29.3 Å². The normalized spacial score (nSPS) is 11.2. The Labute approximate surface area is 279 Å². The number of urea groups is 1. The SMILES string of the molecule is CC(=O)NCCCN(C(=O)Nc1c(C(C)C)cc(-c2cccc(OCCn3cncn3)c2)cc1C(C)C)c1cc2cccnc2[nH]c1=O. The smallest absolute Gasteiger partial charge is 0.326 e. The highest BCUT2D eigenvalue weighted by molar-refractivity contribution is 6.03. The largest absolute Gasteiger partial charge is 0.492 e. The summed E-state index contributed by atoms with van der Waals surface area (Å²) in [5, 5.41) is 10.8. The highest BCUT2D eigenvalue weighted by Gasteiger charge is 2.24. The molecule has 3 amide bonds. The van der Waals surface area contributed by atoms with Gasteiger partial charge < -0.3 is 20.4 Å². The van der Waals surface area contributed by atoms with Crippen LogP contribution in [0.4, 0.5) is 16.2 Å². The molecular formula is C36H42N8O4. The summed E-state index contributed by atoms with van der Waals surface area (Å²) in [6.45, 7) is 11.4. The lowest BCUT2D eigenvalue weighted by Gasteiger charge is -2.27. The Morgan fingerprint density at radius 3 is 2.46 bits per heavy atom. The Morgan fingerprint density at radius 1 is 1.00 bits per heavy atom. The van der Waals surface area contributed by atoms with Gasteiger partial charge in [0.15, 0.2) is 0 Å². The van der Waals surface area contributed by atoms with Crippen molar-refractivity contribution < 1.29 is 14.3 Å². The summed E-state index contributed by atoms with van der Waals surface area (Å²) >= 11 is 0. The number of carbonyl (C=O) groups excluding carboxylic acids is 2. The van der Waals surface area contributed by atoms with Gasteiger partial charge in [-0.3, -0.25) is 14.5 Å². The van der Waals surface area contributed by atoms with Crippen LogP contribution in [0.2, 0.25) is 0 Å². The average Bonchev–Trinajstić information content (AvgIpc) is 3.58. The van der Waals surface area contributed by atoms with Crippen LogP contribution in [0.25, 0.3) is 22.2 Å². The number of hydrogen-bond donors (Lipinski definition) is 3. The summed E-state index contributed by atoms with van der Waals surface area (Å²) in [7, 11) is 0. The van der Waals surface area contributed by atoms with Crippen molar-refractivity contribution in [3.05, 3.63) is 94.9 Å². The van der Waals surface area contributed by atoms with Gasteiger partial charge in [0.25, 0.3) is 5.56 Å². The number of nitrogens with one attached hydrogen (secondary N) is 3. The number of anilines is 2. The molecule has 48 heavy (non-hydrogen) atoms. The van der Waals surface area contributed by atoms with Crippen LogP contribution in [0.3, 0.4) is 0 Å². The first-order chi connectivity index (χ1) is 23.1. The lowest BCUT2D eigenvalue weighted by atomic mass is 9.88. The molecule has 250 valence electrons. The predicted molar refractivity (Wildman–Crippen MR) is 188 cm³/mol. The molecule has 3 heterocycles. The first-order valence-corrected chi connectivity index (χ1v) is 16.1. The minimum absolute atomic E-state index is 0.0724. The summed E-state index contributed by atoms with van der Waals surface area (Å²) in [5.74, 6) is 0.729. The second kappa shape index (κ2) is 15.4. The summed E-state index contributed by atoms with van der Waals surface area (Å²) in [6, 6.07) is 17.0. The zero-order chi connectivity index (χ0) is 34.2. The monoisotopic (exact) mass is 650 g/mol. The molecule has 0 radical (unpaired) electrons. The lowest BCUT2D eigenvalue weighted by molar-refractivity contribution is -0.118. The lowest BCUT2D eigenvalue weighted by Crippen LogP contribution is -2.40. The third kappa shape index (κ3) is 8.24. The predicted octanol–water partition coefficient (Wildman–Crippen LogP) is 6.07. The molecule has 0 saturated heterocycles. The van der Waals surface area contributed by atoms with Gasteiger partial charge in [0, 0.05) is 37.3 Å². The minimum atomic E-state index is -0.439. The summed E-state index contributed by atoms with van der Waals surface area (Å²) in [6.07, 6.45) is 5.20. The van der Waals surface area contributed by atoms with Gasteiger partial charge in [-0.15, -0.1) is 0 Å². The molecule has 0 aliphatic carbocycles. The molecule has 12 heteroatoms. The van der Waals surface area contributed by atoms with E-state index in [4.69, 9.17) is 4.74 Å². The molecule has 0 saturated carbocycles. The number of ether oxygens (including phenoxy) is 1. The molecule has 3 N–H and O–H groups in total. The van der Waals surface area contributed by atoms with Crippen molar-refractivity contribution in [1.29, 1.82) is 0 Å². The van der Waals surface area contributed by atoms with Gasteiger partial charge >= 0.3 is 6.03 Å². The number of rotatable bonds is 13. The topological polar surface area (TPSA) is 147 Å². The van der Waals surface area contributed by atoms with E-state index in [1.807, 2.05) is 30.3 Å². The fourth-order valence-electron chi connectivity index (χ4n) is 5.51. The van der Waals surface area contributed by atoms with E-state index in [0.717, 1.165) is 33.7 Å². The number of benzene rings is 2. The van der Waals surface area contributed by atoms with Crippen molar-refractivity contribution in [1.82, 2.24) is 30.0 Å². The maximum Gasteiger partial charge on any atom is 0.326 e. The Balaban J connectivity index is 1.47. The first-order valence-electron chi connectivity index (χ1n) is 16.1. The molecule has 5 aromatic rings. The Hall–Kier alpha value is -5.52. The van der Waals surface area contributed by atoms with Crippen LogP contribution in [0.5, 0.6) is 5.75 Å². The molecule has 0 bridgehead atoms. The Kier molecular flexibility index (Phi) is 10.8. The molecule has 0 fully saturated rings. The number of pyridine rings is 2. The van der Waals surface area contributed by atoms with Crippen molar-refractivity contribution in [2.75, 3.05) is 29.9 Å². The van der Waals surface area contributed by atoms with E-state index in [1.165, 1.54) is 18.2 Å². The zero-order valence-corrected chi connectivity index (χ0v) is 28.0. The zero-order valence-electron chi connectivity index (χ0n) is 28.0. The first kappa shape index (κ1) is 33.8. The molecule has 0 spiro atoms. The Morgan fingerprint density at radius 2 is 1.77 bits per heavy atom. The third-order valence-electron chi connectivity index (χ3n) is 7.96. The van der Waals surface area contributed by atoms with Crippen LogP contribution in [-0.2, 0) is 11.3 Å². The van der Waals surface area contributed by atoms with Gasteiger partial charge in [0.2, 0.25) is 5.91 Å². The van der Waals surface area contributed by atoms with Gasteiger partial charge in [-0.25, -0.2) is 19.4 Å². The van der Waals surface area contributed by atoms with Crippen LogP contribution in [0, 0.1) is 0 Å². The van der Waals surface area contributed by atoms with E-state index in [2.05, 4.69) is 70.5 Å². The maximum atomic E-state index is 14.2. The molecule has 12 nitrogen and oxygen atoms in total. The second-order valence-electron chi connectivity index (χ2n) is 12.2. The van der Waals surface area contributed by atoms with Crippen LogP contribution in [0.1, 0.15) is 64.0 Å². The summed E-state index contributed by atoms with van der Waals surface area (Å²) in [5.41, 5.74) is 4.87. The number of amides is 3. The summed E-state index contributed by atoms with van der Waals surface area (Å²) < 4.78 is 7.75. The van der Waals surface area contributed by atoms with Crippen molar-refractivity contribution >= 4 is 34.3 Å². The van der Waals surface area contributed by atoms with Crippen molar-refractivity contribution in [3.63, 3.8) is 0 Å². The highest BCUT2D eigenvalue weighted by atomic mass is 16.5. The fourth-order valence-corrected chi connectivity index (χ4v) is 5.51. The Bertz CT molecular complexity index is 1910. The molecule has 2 aromatic carbocycles. The van der Waals surface area contributed by atoms with Gasteiger partial charge in [-0.05, 0) is 83.0 Å². The molecule has 0 unspecified atom stereocenters. The van der Waals surface area contributed by atoms with Gasteiger partial charge in [0.05, 0.1) is 6.54 Å². The van der Waals surface area contributed by atoms with E-state index in [9.17, 15) is 14.4 Å². The molecule has 3 aromatic heterocycles. The van der Waals surface area contributed by atoms with E-state index >= 15 is 0 Å². The van der Waals surface area contributed by atoms with Crippen LogP contribution in [-0.4, -0.2) is 56.4 Å². The summed E-state index contributed by atoms with van der Waals surface area (Å²) in [4.78, 5) is 51.4. The highest BCUT2D eigenvalue weighted by Crippen LogP contribution is 2.38. The van der Waals surface area contributed by atoms with Crippen molar-refractivity contribution in [3.8, 4) is 16.9 Å². The number of hydrogen-bond acceptors (Lipinski definition) is 7. The van der Waals surface area contributed by atoms with Crippen LogP contribution < -0.4 is 25.8 Å². The van der Waals surface area contributed by atoms with E-state index in [-0.39, 0.29) is 30.0 Å². The number of aromatic nitrogens is 5. The fraction of sp³-hybridized carbons (Fsp3) is 0.333. The number of carbonyl (C=O) groups is 2. The van der Waals surface area contributed by atoms with Crippen molar-refractivity contribution in [2.24, 2.45) is 0 Å². The molecule has 5 rings (SSSR count). The molecule has 0 aliphatic rings. The van der Waals surface area contributed by atoms with Crippen molar-refractivity contribution in [2.45, 2.75) is 59.4 Å². The minimum Gasteiger partial charge on any atom is -0.492 e. The van der Waals surface area contributed by atoms with Gasteiger partial charge in [-0.2, -0.15) is 5.10 Å². The molecule has 0 atom stereocenters. The van der Waals surface area contributed by atoms with Crippen LogP contribution >= 0.6 is 0 Å². The molecular weight excluding hydrogens is 608 g/mol. The van der Waals surface area contributed by atoms with Gasteiger partial charge in [-0.1, -0.05) is 39.8 Å². The third-order valence-corrected chi connectivity index (χ3v) is 7.96. The number of H-pyrrole nitrogens is 1. The average molecular weight is 651 g/mol. The van der Waals surface area contributed by atoms with Gasteiger partial charge in [0.1, 0.15) is 36.3 Å². The number of aromatic amines is 1. The second-order valence-corrected chi connectivity index (χ2v) is 12.2. The van der Waals surface area contributed by atoms with E-state index in [0.29, 0.717) is 37.2 Å². The number of nitrogens with zero attached hydrogens (tertiary/aromatic N) is 5.